The average Bonchev–Trinajstić information content (AvgIpc) is 2.86. The maximum Gasteiger partial charge on any atom is 0.423 e. The summed E-state index contributed by atoms with van der Waals surface area (Å²) in [7, 11) is 0. The van der Waals surface area contributed by atoms with Crippen molar-refractivity contribution in [2.24, 2.45) is 0 Å². The molecule has 0 unspecified atom stereocenters. The van der Waals surface area contributed by atoms with E-state index in [1.54, 1.807) is 6.92 Å². The molecule has 10 heteroatoms. The predicted octanol–water partition coefficient (Wildman–Crippen LogP) is 2.51. The highest BCUT2D eigenvalue weighted by atomic mass is 19.4. The fourth-order valence-corrected chi connectivity index (χ4v) is 2.90. The molecular formula is C15H17F3N2O5. The second-order valence-corrected chi connectivity index (χ2v) is 5.66. The molecule has 1 fully saturated rings. The summed E-state index contributed by atoms with van der Waals surface area (Å²) in [4.78, 5) is 22.8. The molecule has 0 spiro atoms. The number of benzene rings is 1. The minimum absolute atomic E-state index is 0.0270. The van der Waals surface area contributed by atoms with Crippen LogP contribution in [0.25, 0.3) is 0 Å². The Morgan fingerprint density at radius 2 is 2.16 bits per heavy atom. The second kappa shape index (κ2) is 7.26. The van der Waals surface area contributed by atoms with E-state index in [9.17, 15) is 33.2 Å². The first-order valence-electron chi connectivity index (χ1n) is 7.59. The molecule has 1 saturated heterocycles. The first kappa shape index (κ1) is 19.0. The number of aliphatic hydroxyl groups is 1. The number of nitro benzene ring substituents is 1. The van der Waals surface area contributed by atoms with Crippen molar-refractivity contribution in [3.63, 3.8) is 0 Å². The molecular weight excluding hydrogens is 345 g/mol. The lowest BCUT2D eigenvalue weighted by Crippen LogP contribution is -2.32. The number of esters is 1. The first-order chi connectivity index (χ1) is 11.6. The lowest BCUT2D eigenvalue weighted by atomic mass is 10.1. The highest BCUT2D eigenvalue weighted by Crippen LogP contribution is 2.39. The quantitative estimate of drug-likeness (QED) is 0.491. The number of hydrogen-bond donors (Lipinski definition) is 1. The molecule has 2 rings (SSSR count). The van der Waals surface area contributed by atoms with Crippen molar-refractivity contribution < 1.29 is 32.7 Å². The number of nitro groups is 1. The number of nitrogens with zero attached hydrogens (tertiary/aromatic N) is 2. The van der Waals surface area contributed by atoms with Crippen molar-refractivity contribution >= 4 is 17.3 Å². The molecule has 0 amide bonds. The van der Waals surface area contributed by atoms with Gasteiger partial charge in [-0.1, -0.05) is 0 Å². The van der Waals surface area contributed by atoms with Crippen LogP contribution >= 0.6 is 0 Å². The highest BCUT2D eigenvalue weighted by molar-refractivity contribution is 5.71. The molecule has 25 heavy (non-hydrogen) atoms. The molecule has 0 bridgehead atoms. The Hall–Kier alpha value is -2.36. The van der Waals surface area contributed by atoms with E-state index < -0.39 is 40.5 Å². The largest absolute Gasteiger partial charge is 0.466 e. The Balaban J connectivity index is 2.35. The van der Waals surface area contributed by atoms with Crippen LogP contribution in [0, 0.1) is 10.1 Å². The Bertz CT molecular complexity index is 665. The summed E-state index contributed by atoms with van der Waals surface area (Å²) in [5.41, 5.74) is -2.35. The van der Waals surface area contributed by atoms with E-state index in [4.69, 9.17) is 4.74 Å². The second-order valence-electron chi connectivity index (χ2n) is 5.66. The number of ether oxygens (including phenoxy) is 1. The smallest absolute Gasteiger partial charge is 0.423 e. The number of hydrogen-bond acceptors (Lipinski definition) is 6. The van der Waals surface area contributed by atoms with Gasteiger partial charge in [-0.25, -0.2) is 0 Å². The minimum Gasteiger partial charge on any atom is -0.466 e. The topological polar surface area (TPSA) is 92.9 Å². The van der Waals surface area contributed by atoms with Gasteiger partial charge in [-0.2, -0.15) is 13.2 Å². The number of aliphatic hydroxyl groups excluding tert-OH is 1. The molecule has 1 aromatic rings. The van der Waals surface area contributed by atoms with Crippen LogP contribution in [0.15, 0.2) is 18.2 Å². The summed E-state index contributed by atoms with van der Waals surface area (Å²) < 4.78 is 44.2. The van der Waals surface area contributed by atoms with Crippen LogP contribution < -0.4 is 4.90 Å². The van der Waals surface area contributed by atoms with Crippen LogP contribution in [-0.4, -0.2) is 41.3 Å². The number of halogens is 3. The van der Waals surface area contributed by atoms with Gasteiger partial charge in [0.15, 0.2) is 0 Å². The number of β-amino-alcohol motifs (C(OH)–C–C–N with tert-alkyl or cyclic N) is 1. The fraction of sp³-hybridized carbons (Fsp3) is 0.533. The number of carbonyl (C=O) groups is 1. The summed E-state index contributed by atoms with van der Waals surface area (Å²) in [6, 6.07) is 2.10. The third-order valence-electron chi connectivity index (χ3n) is 3.91. The Morgan fingerprint density at radius 1 is 1.48 bits per heavy atom. The molecule has 1 aliphatic heterocycles. The third-order valence-corrected chi connectivity index (χ3v) is 3.91. The Kier molecular flexibility index (Phi) is 5.51. The Morgan fingerprint density at radius 3 is 2.72 bits per heavy atom. The van der Waals surface area contributed by atoms with Crippen LogP contribution in [0.1, 0.15) is 25.3 Å². The van der Waals surface area contributed by atoms with Crippen LogP contribution in [0.2, 0.25) is 0 Å². The maximum atomic E-state index is 13.1. The summed E-state index contributed by atoms with van der Waals surface area (Å²) in [5.74, 6) is -0.524. The highest BCUT2D eigenvalue weighted by Gasteiger charge is 2.40. The zero-order valence-corrected chi connectivity index (χ0v) is 13.3. The van der Waals surface area contributed by atoms with Gasteiger partial charge < -0.3 is 14.7 Å². The van der Waals surface area contributed by atoms with E-state index in [0.29, 0.717) is 6.07 Å². The van der Waals surface area contributed by atoms with Gasteiger partial charge in [0.25, 0.3) is 5.69 Å². The predicted molar refractivity (Wildman–Crippen MR) is 81.1 cm³/mol. The van der Waals surface area contributed by atoms with Gasteiger partial charge >= 0.3 is 12.1 Å². The van der Waals surface area contributed by atoms with Crippen LogP contribution in [0.5, 0.6) is 0 Å². The molecule has 0 saturated carbocycles. The minimum atomic E-state index is -4.90. The molecule has 0 aliphatic carbocycles. The average molecular weight is 362 g/mol. The van der Waals surface area contributed by atoms with Gasteiger partial charge in [0, 0.05) is 24.3 Å². The van der Waals surface area contributed by atoms with Crippen LogP contribution in [0.4, 0.5) is 24.5 Å². The zero-order valence-electron chi connectivity index (χ0n) is 13.3. The first-order valence-corrected chi connectivity index (χ1v) is 7.59. The van der Waals surface area contributed by atoms with Gasteiger partial charge in [-0.05, 0) is 25.5 Å². The SMILES string of the molecule is CCOC(=O)C[C@H]1C[C@@H](O)CN1c1ccc([N+](=O)[O-])c(C(F)(F)F)c1. The van der Waals surface area contributed by atoms with Crippen LogP contribution in [-0.2, 0) is 15.7 Å². The molecule has 1 N–H and O–H groups in total. The maximum absolute atomic E-state index is 13.1. The van der Waals surface area contributed by atoms with Crippen molar-refractivity contribution in [3.05, 3.63) is 33.9 Å². The van der Waals surface area contributed by atoms with E-state index in [0.717, 1.165) is 6.07 Å². The van der Waals surface area contributed by atoms with Crippen LogP contribution in [0.3, 0.4) is 0 Å². The van der Waals surface area contributed by atoms with Gasteiger partial charge in [0.2, 0.25) is 0 Å². The fourth-order valence-electron chi connectivity index (χ4n) is 2.90. The van der Waals surface area contributed by atoms with Crippen molar-refractivity contribution in [1.29, 1.82) is 0 Å². The molecule has 138 valence electrons. The van der Waals surface area contributed by atoms with Gasteiger partial charge in [-0.15, -0.1) is 0 Å². The summed E-state index contributed by atoms with van der Waals surface area (Å²) in [6.07, 6.45) is -5.61. The lowest BCUT2D eigenvalue weighted by Gasteiger charge is -2.26. The zero-order chi connectivity index (χ0) is 18.8. The Labute approximate surface area is 141 Å². The monoisotopic (exact) mass is 362 g/mol. The van der Waals surface area contributed by atoms with Crippen molar-refractivity contribution in [1.82, 2.24) is 0 Å². The lowest BCUT2D eigenvalue weighted by molar-refractivity contribution is -0.388. The summed E-state index contributed by atoms with van der Waals surface area (Å²) in [5, 5.41) is 20.6. The van der Waals surface area contributed by atoms with Gasteiger partial charge in [0.05, 0.1) is 24.1 Å². The molecule has 2 atom stereocenters. The van der Waals surface area contributed by atoms with Crippen molar-refractivity contribution in [2.75, 3.05) is 18.1 Å². The van der Waals surface area contributed by atoms with E-state index in [2.05, 4.69) is 0 Å². The number of carbonyl (C=O) groups excluding carboxylic acids is 1. The number of rotatable bonds is 5. The summed E-state index contributed by atoms with van der Waals surface area (Å²) in [6.45, 7) is 1.83. The molecule has 1 aromatic carbocycles. The van der Waals surface area contributed by atoms with Crippen molar-refractivity contribution in [3.8, 4) is 0 Å². The standard InChI is InChI=1S/C15H17F3N2O5/c1-2-25-14(22)7-10-5-11(21)8-19(10)9-3-4-13(20(23)24)12(6-9)15(16,17)18/h3-4,6,10-11,21H,2,5,7-8H2,1H3/t10-,11-/m1/s1. The number of anilines is 1. The van der Waals surface area contributed by atoms with Crippen molar-refractivity contribution in [2.45, 2.75) is 38.1 Å². The molecule has 1 aliphatic rings. The van der Waals surface area contributed by atoms with E-state index in [-0.39, 0.29) is 31.7 Å². The molecule has 7 nitrogen and oxygen atoms in total. The molecule has 0 radical (unpaired) electrons. The molecule has 0 aromatic heterocycles. The van der Waals surface area contributed by atoms with Gasteiger partial charge in [0.1, 0.15) is 5.56 Å². The third kappa shape index (κ3) is 4.38. The van der Waals surface area contributed by atoms with E-state index >= 15 is 0 Å². The number of alkyl halides is 3. The van der Waals surface area contributed by atoms with Gasteiger partial charge in [-0.3, -0.25) is 14.9 Å². The van der Waals surface area contributed by atoms with E-state index in [1.807, 2.05) is 0 Å². The molecule has 1 heterocycles. The summed E-state index contributed by atoms with van der Waals surface area (Å²) >= 11 is 0. The normalized spacial score (nSPS) is 20.6. The van der Waals surface area contributed by atoms with E-state index in [1.165, 1.54) is 11.0 Å².